The summed E-state index contributed by atoms with van der Waals surface area (Å²) >= 11 is 0. The molecule has 2 N–H and O–H groups in total. The van der Waals surface area contributed by atoms with Crippen LogP contribution in [0.3, 0.4) is 0 Å². The standard InChI is InChI=1S/C12H14N4O/c1-2-8-4-3-7-14-9(8)10-15-11(17-16-10)12(13)5-6-12/h3-4,7H,2,5-6,13H2,1H3. The molecule has 0 spiro atoms. The molecule has 0 saturated heterocycles. The third-order valence-electron chi connectivity index (χ3n) is 3.12. The van der Waals surface area contributed by atoms with Gasteiger partial charge >= 0.3 is 0 Å². The Morgan fingerprint density at radius 1 is 1.47 bits per heavy atom. The molecule has 2 heterocycles. The number of aryl methyl sites for hydroxylation is 1. The van der Waals surface area contributed by atoms with E-state index in [-0.39, 0.29) is 5.54 Å². The summed E-state index contributed by atoms with van der Waals surface area (Å²) in [7, 11) is 0. The van der Waals surface area contributed by atoms with Gasteiger partial charge in [-0.25, -0.2) is 0 Å². The van der Waals surface area contributed by atoms with Gasteiger partial charge in [0.15, 0.2) is 0 Å². The molecule has 0 bridgehead atoms. The molecule has 3 rings (SSSR count). The molecule has 0 unspecified atom stereocenters. The fourth-order valence-electron chi connectivity index (χ4n) is 1.80. The highest BCUT2D eigenvalue weighted by Crippen LogP contribution is 2.42. The van der Waals surface area contributed by atoms with Gasteiger partial charge in [0.1, 0.15) is 5.69 Å². The minimum Gasteiger partial charge on any atom is -0.337 e. The molecule has 0 aliphatic heterocycles. The fourth-order valence-corrected chi connectivity index (χ4v) is 1.80. The van der Waals surface area contributed by atoms with Crippen LogP contribution in [-0.4, -0.2) is 15.1 Å². The van der Waals surface area contributed by atoms with E-state index < -0.39 is 0 Å². The Morgan fingerprint density at radius 2 is 2.29 bits per heavy atom. The molecule has 0 amide bonds. The first-order chi connectivity index (χ1) is 8.23. The zero-order valence-corrected chi connectivity index (χ0v) is 9.68. The lowest BCUT2D eigenvalue weighted by Gasteiger charge is -2.01. The van der Waals surface area contributed by atoms with Crippen LogP contribution in [0, 0.1) is 0 Å². The SMILES string of the molecule is CCc1cccnc1-c1noc(C2(N)CC2)n1. The Kier molecular flexibility index (Phi) is 2.22. The van der Waals surface area contributed by atoms with Crippen LogP contribution >= 0.6 is 0 Å². The van der Waals surface area contributed by atoms with Gasteiger partial charge in [-0.1, -0.05) is 18.1 Å². The van der Waals surface area contributed by atoms with Crippen molar-refractivity contribution in [1.82, 2.24) is 15.1 Å². The quantitative estimate of drug-likeness (QED) is 0.867. The predicted octanol–water partition coefficient (Wildman–Crippen LogP) is 1.64. The van der Waals surface area contributed by atoms with Gasteiger partial charge in [0.05, 0.1) is 5.54 Å². The molecule has 5 nitrogen and oxygen atoms in total. The number of rotatable bonds is 3. The van der Waals surface area contributed by atoms with Crippen LogP contribution < -0.4 is 5.73 Å². The van der Waals surface area contributed by atoms with E-state index in [1.807, 2.05) is 12.1 Å². The van der Waals surface area contributed by atoms with Crippen molar-refractivity contribution in [1.29, 1.82) is 0 Å². The average Bonchev–Trinajstić information content (AvgIpc) is 2.94. The Balaban J connectivity index is 2.01. The van der Waals surface area contributed by atoms with Crippen molar-refractivity contribution in [3.05, 3.63) is 29.8 Å². The second-order valence-corrected chi connectivity index (χ2v) is 4.44. The Bertz CT molecular complexity index is 545. The summed E-state index contributed by atoms with van der Waals surface area (Å²) in [5.74, 6) is 1.06. The molecule has 2 aromatic rings. The van der Waals surface area contributed by atoms with Gasteiger partial charge in [0.2, 0.25) is 11.7 Å². The molecular weight excluding hydrogens is 216 g/mol. The number of nitrogens with two attached hydrogens (primary N) is 1. The number of hydrogen-bond acceptors (Lipinski definition) is 5. The van der Waals surface area contributed by atoms with Gasteiger partial charge < -0.3 is 10.3 Å². The highest BCUT2D eigenvalue weighted by Gasteiger charge is 2.45. The van der Waals surface area contributed by atoms with E-state index >= 15 is 0 Å². The maximum absolute atomic E-state index is 6.01. The van der Waals surface area contributed by atoms with Crippen LogP contribution in [0.1, 0.15) is 31.2 Å². The molecule has 88 valence electrons. The Hall–Kier alpha value is -1.75. The smallest absolute Gasteiger partial charge is 0.247 e. The summed E-state index contributed by atoms with van der Waals surface area (Å²) in [5.41, 5.74) is 7.53. The third kappa shape index (κ3) is 1.72. The minimum absolute atomic E-state index is 0.383. The molecule has 1 aliphatic rings. The first kappa shape index (κ1) is 10.4. The minimum atomic E-state index is -0.383. The molecule has 2 aromatic heterocycles. The normalized spacial score (nSPS) is 17.1. The van der Waals surface area contributed by atoms with Crippen molar-refractivity contribution < 1.29 is 4.52 Å². The van der Waals surface area contributed by atoms with Gasteiger partial charge in [-0.15, -0.1) is 0 Å². The van der Waals surface area contributed by atoms with E-state index in [2.05, 4.69) is 22.0 Å². The molecule has 1 fully saturated rings. The predicted molar refractivity (Wildman–Crippen MR) is 62.0 cm³/mol. The molecule has 1 saturated carbocycles. The topological polar surface area (TPSA) is 77.8 Å². The van der Waals surface area contributed by atoms with Gasteiger partial charge in [0.25, 0.3) is 0 Å². The number of pyridine rings is 1. The third-order valence-corrected chi connectivity index (χ3v) is 3.12. The monoisotopic (exact) mass is 230 g/mol. The largest absolute Gasteiger partial charge is 0.337 e. The second-order valence-electron chi connectivity index (χ2n) is 4.44. The number of aromatic nitrogens is 3. The summed E-state index contributed by atoms with van der Waals surface area (Å²) in [4.78, 5) is 8.67. The highest BCUT2D eigenvalue weighted by atomic mass is 16.5. The molecule has 0 aromatic carbocycles. The van der Waals surface area contributed by atoms with Crippen LogP contribution in [0.15, 0.2) is 22.9 Å². The van der Waals surface area contributed by atoms with Crippen LogP contribution in [0.5, 0.6) is 0 Å². The lowest BCUT2D eigenvalue weighted by molar-refractivity contribution is 0.348. The Labute approximate surface area is 99.1 Å². The lowest BCUT2D eigenvalue weighted by atomic mass is 10.1. The summed E-state index contributed by atoms with van der Waals surface area (Å²) in [6.07, 6.45) is 4.45. The maximum Gasteiger partial charge on any atom is 0.247 e. The van der Waals surface area contributed by atoms with Crippen molar-refractivity contribution >= 4 is 0 Å². The van der Waals surface area contributed by atoms with E-state index in [1.54, 1.807) is 6.20 Å². The van der Waals surface area contributed by atoms with Crippen LogP contribution in [0.25, 0.3) is 11.5 Å². The zero-order valence-electron chi connectivity index (χ0n) is 9.68. The van der Waals surface area contributed by atoms with Gasteiger partial charge in [-0.3, -0.25) is 4.98 Å². The van der Waals surface area contributed by atoms with Crippen molar-refractivity contribution in [3.63, 3.8) is 0 Å². The highest BCUT2D eigenvalue weighted by molar-refractivity contribution is 5.54. The first-order valence-electron chi connectivity index (χ1n) is 5.80. The lowest BCUT2D eigenvalue weighted by Crippen LogP contribution is -2.18. The van der Waals surface area contributed by atoms with Gasteiger partial charge in [0, 0.05) is 6.20 Å². The van der Waals surface area contributed by atoms with Crippen molar-refractivity contribution in [2.24, 2.45) is 5.73 Å². The molecule has 1 aliphatic carbocycles. The van der Waals surface area contributed by atoms with Crippen molar-refractivity contribution in [2.45, 2.75) is 31.7 Å². The van der Waals surface area contributed by atoms with Crippen LogP contribution in [-0.2, 0) is 12.0 Å². The van der Waals surface area contributed by atoms with Crippen LogP contribution in [0.4, 0.5) is 0 Å². The second kappa shape index (κ2) is 3.63. The van der Waals surface area contributed by atoms with E-state index in [9.17, 15) is 0 Å². The van der Waals surface area contributed by atoms with Crippen molar-refractivity contribution in [2.75, 3.05) is 0 Å². The average molecular weight is 230 g/mol. The summed E-state index contributed by atoms with van der Waals surface area (Å²) < 4.78 is 5.22. The number of hydrogen-bond donors (Lipinski definition) is 1. The molecule has 0 radical (unpaired) electrons. The molecule has 0 atom stereocenters. The summed E-state index contributed by atoms with van der Waals surface area (Å²) in [5, 5.41) is 3.97. The van der Waals surface area contributed by atoms with E-state index in [1.165, 1.54) is 0 Å². The molecule has 5 heteroatoms. The maximum atomic E-state index is 6.01. The number of nitrogens with zero attached hydrogens (tertiary/aromatic N) is 3. The van der Waals surface area contributed by atoms with E-state index in [4.69, 9.17) is 10.3 Å². The summed E-state index contributed by atoms with van der Waals surface area (Å²) in [6.45, 7) is 2.08. The van der Waals surface area contributed by atoms with Gasteiger partial charge in [-0.05, 0) is 30.9 Å². The van der Waals surface area contributed by atoms with E-state index in [0.717, 1.165) is 30.5 Å². The molecular formula is C12H14N4O. The summed E-state index contributed by atoms with van der Waals surface area (Å²) in [6, 6.07) is 3.93. The van der Waals surface area contributed by atoms with Crippen molar-refractivity contribution in [3.8, 4) is 11.5 Å². The van der Waals surface area contributed by atoms with Gasteiger partial charge in [-0.2, -0.15) is 4.98 Å². The Morgan fingerprint density at radius 3 is 3.00 bits per heavy atom. The van der Waals surface area contributed by atoms with E-state index in [0.29, 0.717) is 11.7 Å². The zero-order chi connectivity index (χ0) is 11.9. The van der Waals surface area contributed by atoms with Crippen LogP contribution in [0.2, 0.25) is 0 Å². The first-order valence-corrected chi connectivity index (χ1v) is 5.80. The fraction of sp³-hybridized carbons (Fsp3) is 0.417. The molecule has 17 heavy (non-hydrogen) atoms.